The Balaban J connectivity index is 1.39. The number of hydrogen-bond acceptors (Lipinski definition) is 5. The SMILES string of the molecule is O=C1NC[C@@]2(CCCN(C(=O)Cc3ccc4c(c3)OCO4)CC2)O1. The highest BCUT2D eigenvalue weighted by atomic mass is 16.7. The Morgan fingerprint density at radius 3 is 2.92 bits per heavy atom. The number of nitrogens with zero attached hydrogens (tertiary/aromatic N) is 1. The Morgan fingerprint density at radius 1 is 1.21 bits per heavy atom. The standard InChI is InChI=1S/C17H20N2O5/c20-15(9-12-2-3-13-14(8-12)23-11-22-13)19-6-1-4-17(5-7-19)10-18-16(21)24-17/h2-3,8H,1,4-7,9-11H2,(H,18,21)/t17-/m0/s1. The van der Waals surface area contributed by atoms with Crippen molar-refractivity contribution in [2.45, 2.75) is 31.3 Å². The second-order valence-electron chi connectivity index (χ2n) is 6.52. The van der Waals surface area contributed by atoms with E-state index >= 15 is 0 Å². The second kappa shape index (κ2) is 5.89. The smallest absolute Gasteiger partial charge is 0.407 e. The number of hydrogen-bond donors (Lipinski definition) is 1. The Labute approximate surface area is 139 Å². The maximum Gasteiger partial charge on any atom is 0.407 e. The molecule has 0 aromatic heterocycles. The predicted molar refractivity (Wildman–Crippen MR) is 83.9 cm³/mol. The lowest BCUT2D eigenvalue weighted by atomic mass is 9.95. The average molecular weight is 332 g/mol. The number of likely N-dealkylation sites (tertiary alicyclic amines) is 1. The summed E-state index contributed by atoms with van der Waals surface area (Å²) in [5.74, 6) is 1.50. The lowest BCUT2D eigenvalue weighted by Gasteiger charge is -2.25. The molecule has 0 radical (unpaired) electrons. The molecule has 24 heavy (non-hydrogen) atoms. The second-order valence-corrected chi connectivity index (χ2v) is 6.52. The number of benzene rings is 1. The summed E-state index contributed by atoms with van der Waals surface area (Å²) in [7, 11) is 0. The fraction of sp³-hybridized carbons (Fsp3) is 0.529. The normalized spacial score (nSPS) is 25.3. The van der Waals surface area contributed by atoms with Crippen LogP contribution in [0.25, 0.3) is 0 Å². The Bertz CT molecular complexity index is 677. The molecule has 2 amide bonds. The molecule has 0 unspecified atom stereocenters. The highest BCUT2D eigenvalue weighted by molar-refractivity contribution is 5.79. The minimum Gasteiger partial charge on any atom is -0.454 e. The van der Waals surface area contributed by atoms with E-state index in [-0.39, 0.29) is 18.8 Å². The lowest BCUT2D eigenvalue weighted by Crippen LogP contribution is -2.37. The van der Waals surface area contributed by atoms with Crippen LogP contribution in [0.15, 0.2) is 18.2 Å². The topological polar surface area (TPSA) is 77.1 Å². The van der Waals surface area contributed by atoms with Gasteiger partial charge < -0.3 is 24.4 Å². The summed E-state index contributed by atoms with van der Waals surface area (Å²) >= 11 is 0. The summed E-state index contributed by atoms with van der Waals surface area (Å²) in [6, 6.07) is 5.60. The molecule has 7 heteroatoms. The Kier molecular flexibility index (Phi) is 3.70. The number of alkyl carbamates (subject to hydrolysis) is 1. The molecule has 3 aliphatic rings. The molecule has 128 valence electrons. The summed E-state index contributed by atoms with van der Waals surface area (Å²) in [5.41, 5.74) is 0.474. The third-order valence-corrected chi connectivity index (χ3v) is 4.91. The number of amides is 2. The van der Waals surface area contributed by atoms with Gasteiger partial charge in [-0.25, -0.2) is 4.79 Å². The zero-order chi connectivity index (χ0) is 16.6. The number of ether oxygens (including phenoxy) is 3. The lowest BCUT2D eigenvalue weighted by molar-refractivity contribution is -0.130. The van der Waals surface area contributed by atoms with Gasteiger partial charge in [0.1, 0.15) is 5.60 Å². The molecule has 0 aliphatic carbocycles. The van der Waals surface area contributed by atoms with E-state index in [1.807, 2.05) is 23.1 Å². The van der Waals surface area contributed by atoms with E-state index in [9.17, 15) is 9.59 Å². The van der Waals surface area contributed by atoms with Gasteiger partial charge in [-0.15, -0.1) is 0 Å². The highest BCUT2D eigenvalue weighted by Crippen LogP contribution is 2.33. The predicted octanol–water partition coefficient (Wildman–Crippen LogP) is 1.45. The first kappa shape index (κ1) is 15.1. The van der Waals surface area contributed by atoms with Gasteiger partial charge in [0.2, 0.25) is 12.7 Å². The maximum atomic E-state index is 12.6. The zero-order valence-corrected chi connectivity index (χ0v) is 13.4. The number of carbonyl (C=O) groups is 2. The van der Waals surface area contributed by atoms with E-state index in [0.717, 1.165) is 24.2 Å². The van der Waals surface area contributed by atoms with Gasteiger partial charge in [-0.2, -0.15) is 0 Å². The zero-order valence-electron chi connectivity index (χ0n) is 13.4. The van der Waals surface area contributed by atoms with E-state index < -0.39 is 5.60 Å². The van der Waals surface area contributed by atoms with Crippen LogP contribution in [-0.2, 0) is 16.0 Å². The van der Waals surface area contributed by atoms with Crippen LogP contribution in [-0.4, -0.2) is 48.9 Å². The monoisotopic (exact) mass is 332 g/mol. The van der Waals surface area contributed by atoms with E-state index in [0.29, 0.717) is 38.2 Å². The van der Waals surface area contributed by atoms with Crippen molar-refractivity contribution < 1.29 is 23.8 Å². The summed E-state index contributed by atoms with van der Waals surface area (Å²) < 4.78 is 16.1. The third-order valence-electron chi connectivity index (χ3n) is 4.91. The van der Waals surface area contributed by atoms with Crippen molar-refractivity contribution in [1.29, 1.82) is 0 Å². The van der Waals surface area contributed by atoms with Crippen molar-refractivity contribution in [2.24, 2.45) is 0 Å². The van der Waals surface area contributed by atoms with Gasteiger partial charge in [-0.3, -0.25) is 4.79 Å². The van der Waals surface area contributed by atoms with E-state index in [1.54, 1.807) is 0 Å². The molecule has 4 rings (SSSR count). The Hall–Kier alpha value is -2.44. The summed E-state index contributed by atoms with van der Waals surface area (Å²) in [4.78, 5) is 25.8. The molecule has 1 aromatic carbocycles. The van der Waals surface area contributed by atoms with Crippen molar-refractivity contribution in [2.75, 3.05) is 26.4 Å². The molecule has 3 aliphatic heterocycles. The first-order chi connectivity index (χ1) is 11.6. The van der Waals surface area contributed by atoms with Crippen molar-refractivity contribution in [3.8, 4) is 11.5 Å². The molecule has 2 fully saturated rings. The fourth-order valence-electron chi connectivity index (χ4n) is 3.54. The number of nitrogens with one attached hydrogen (secondary N) is 1. The number of fused-ring (bicyclic) bond motifs is 1. The molecule has 2 saturated heterocycles. The average Bonchev–Trinajstić information content (AvgIpc) is 3.10. The highest BCUT2D eigenvalue weighted by Gasteiger charge is 2.41. The molecule has 1 aromatic rings. The van der Waals surface area contributed by atoms with E-state index in [1.165, 1.54) is 0 Å². The number of rotatable bonds is 2. The van der Waals surface area contributed by atoms with Crippen LogP contribution in [0.3, 0.4) is 0 Å². The third kappa shape index (κ3) is 2.86. The van der Waals surface area contributed by atoms with Gasteiger partial charge in [0.25, 0.3) is 0 Å². The van der Waals surface area contributed by atoms with Gasteiger partial charge in [0, 0.05) is 19.5 Å². The van der Waals surface area contributed by atoms with Crippen molar-refractivity contribution in [1.82, 2.24) is 10.2 Å². The molecule has 1 atom stereocenters. The van der Waals surface area contributed by atoms with Crippen LogP contribution < -0.4 is 14.8 Å². The molecular weight excluding hydrogens is 312 g/mol. The van der Waals surface area contributed by atoms with Gasteiger partial charge in [-0.1, -0.05) is 6.07 Å². The summed E-state index contributed by atoms with van der Waals surface area (Å²) in [5, 5.41) is 2.73. The van der Waals surface area contributed by atoms with Gasteiger partial charge in [0.05, 0.1) is 13.0 Å². The van der Waals surface area contributed by atoms with Crippen molar-refractivity contribution in [3.05, 3.63) is 23.8 Å². The molecule has 0 saturated carbocycles. The van der Waals surface area contributed by atoms with Crippen LogP contribution in [0.5, 0.6) is 11.5 Å². The minimum atomic E-state index is -0.440. The van der Waals surface area contributed by atoms with Crippen molar-refractivity contribution >= 4 is 12.0 Å². The van der Waals surface area contributed by atoms with E-state index in [4.69, 9.17) is 14.2 Å². The summed E-state index contributed by atoms with van der Waals surface area (Å²) in [6.07, 6.45) is 2.29. The molecule has 1 spiro atoms. The van der Waals surface area contributed by atoms with Gasteiger partial charge in [0.15, 0.2) is 11.5 Å². The quantitative estimate of drug-likeness (QED) is 0.887. The summed E-state index contributed by atoms with van der Waals surface area (Å²) in [6.45, 7) is 2.07. The molecule has 3 heterocycles. The van der Waals surface area contributed by atoms with Crippen LogP contribution in [0.1, 0.15) is 24.8 Å². The van der Waals surface area contributed by atoms with Gasteiger partial charge >= 0.3 is 6.09 Å². The van der Waals surface area contributed by atoms with Crippen LogP contribution in [0, 0.1) is 0 Å². The van der Waals surface area contributed by atoms with Crippen LogP contribution >= 0.6 is 0 Å². The molecule has 7 nitrogen and oxygen atoms in total. The molecule has 0 bridgehead atoms. The largest absolute Gasteiger partial charge is 0.454 e. The fourth-order valence-corrected chi connectivity index (χ4v) is 3.54. The first-order valence-corrected chi connectivity index (χ1v) is 8.27. The minimum absolute atomic E-state index is 0.0863. The van der Waals surface area contributed by atoms with Crippen molar-refractivity contribution in [3.63, 3.8) is 0 Å². The maximum absolute atomic E-state index is 12.6. The number of carbonyl (C=O) groups excluding carboxylic acids is 2. The van der Waals surface area contributed by atoms with Crippen LogP contribution in [0.2, 0.25) is 0 Å². The van der Waals surface area contributed by atoms with Gasteiger partial charge in [-0.05, 0) is 30.5 Å². The van der Waals surface area contributed by atoms with E-state index in [2.05, 4.69) is 5.32 Å². The first-order valence-electron chi connectivity index (χ1n) is 8.27. The Morgan fingerprint density at radius 2 is 2.08 bits per heavy atom. The molecular formula is C17H20N2O5. The van der Waals surface area contributed by atoms with Crippen LogP contribution in [0.4, 0.5) is 4.79 Å². The molecule has 1 N–H and O–H groups in total.